The summed E-state index contributed by atoms with van der Waals surface area (Å²) < 4.78 is 16.7. The number of piperidine rings is 1. The molecular formula is C26H33FN8O2. The number of carbonyl (C=O) groups excluding carboxylic acids is 2. The Kier molecular flexibility index (Phi) is 7.22. The van der Waals surface area contributed by atoms with Gasteiger partial charge in [-0.25, -0.2) is 14.4 Å². The number of carbonyl (C=O) groups is 2. The summed E-state index contributed by atoms with van der Waals surface area (Å²) in [5, 5.41) is 7.00. The monoisotopic (exact) mass is 508 g/mol. The van der Waals surface area contributed by atoms with E-state index in [0.29, 0.717) is 11.3 Å². The quantitative estimate of drug-likeness (QED) is 0.384. The van der Waals surface area contributed by atoms with E-state index in [1.807, 2.05) is 21.7 Å². The minimum Gasteiger partial charge on any atom is -0.365 e. The number of nitrogens with two attached hydrogens (primary N) is 2. The third-order valence-electron chi connectivity index (χ3n) is 7.31. The molecule has 0 spiro atoms. The van der Waals surface area contributed by atoms with Crippen LogP contribution < -0.4 is 22.1 Å². The van der Waals surface area contributed by atoms with Gasteiger partial charge in [0.1, 0.15) is 18.0 Å². The Hall–Kier alpha value is -3.73. The summed E-state index contributed by atoms with van der Waals surface area (Å²) in [6, 6.07) is 4.47. The second kappa shape index (κ2) is 10.7. The Balaban J connectivity index is 1.42. The minimum atomic E-state index is -0.801. The molecule has 1 aliphatic carbocycles. The van der Waals surface area contributed by atoms with Gasteiger partial charge >= 0.3 is 0 Å². The summed E-state index contributed by atoms with van der Waals surface area (Å²) in [6.07, 6.45) is 10.4. The highest BCUT2D eigenvalue weighted by atomic mass is 19.1. The van der Waals surface area contributed by atoms with E-state index in [-0.39, 0.29) is 41.7 Å². The maximum absolute atomic E-state index is 14.9. The molecule has 2 amide bonds. The molecular weight excluding hydrogens is 475 g/mol. The van der Waals surface area contributed by atoms with Crippen molar-refractivity contribution in [3.63, 3.8) is 0 Å². The van der Waals surface area contributed by atoms with Crippen LogP contribution in [0, 0.1) is 5.82 Å². The highest BCUT2D eigenvalue weighted by molar-refractivity contribution is 6.00. The summed E-state index contributed by atoms with van der Waals surface area (Å²) in [4.78, 5) is 35.7. The van der Waals surface area contributed by atoms with E-state index < -0.39 is 11.7 Å². The molecule has 5 rings (SSSR count). The van der Waals surface area contributed by atoms with E-state index in [1.165, 1.54) is 0 Å². The second-order valence-corrected chi connectivity index (χ2v) is 9.88. The van der Waals surface area contributed by atoms with E-state index in [1.54, 1.807) is 12.3 Å². The number of anilines is 3. The number of fused-ring (bicyclic) bond motifs is 1. The van der Waals surface area contributed by atoms with Gasteiger partial charge in [0.05, 0.1) is 11.3 Å². The molecule has 196 valence electrons. The Labute approximate surface area is 214 Å². The number of nitrogens with zero attached hydrogens (tertiary/aromatic N) is 4. The van der Waals surface area contributed by atoms with Gasteiger partial charge in [-0.1, -0.05) is 12.8 Å². The van der Waals surface area contributed by atoms with Gasteiger partial charge < -0.3 is 31.6 Å². The molecule has 4 heterocycles. The van der Waals surface area contributed by atoms with Gasteiger partial charge in [-0.2, -0.15) is 0 Å². The van der Waals surface area contributed by atoms with Crippen molar-refractivity contribution in [2.24, 2.45) is 11.5 Å². The highest BCUT2D eigenvalue weighted by Gasteiger charge is 2.25. The molecule has 0 radical (unpaired) electrons. The molecule has 1 aliphatic heterocycles. The van der Waals surface area contributed by atoms with Crippen LogP contribution in [0.15, 0.2) is 30.6 Å². The number of nitrogens with one attached hydrogen (secondary N) is 2. The Morgan fingerprint density at radius 1 is 1.08 bits per heavy atom. The van der Waals surface area contributed by atoms with Crippen LogP contribution in [0.3, 0.4) is 0 Å². The number of halogens is 1. The maximum atomic E-state index is 14.9. The zero-order chi connectivity index (χ0) is 25.9. The van der Waals surface area contributed by atoms with Crippen LogP contribution >= 0.6 is 0 Å². The standard InChI is InChI=1S/C26H33FN8O2/c27-18-14-17(23(29)37)24(33-25(18)32-21-7-3-2-6-19(21)28)31-20-8-10-30-26-16(20)9-13-35(26)15-22(36)34-11-4-1-5-12-34/h8-10,13-14,19,21H,1-7,11-12,15,28H2,(H2,29,37)(H2,30,31,32,33)/t19-,21+/m0/s1. The molecule has 1 saturated carbocycles. The molecule has 2 fully saturated rings. The summed E-state index contributed by atoms with van der Waals surface area (Å²) in [5.74, 6) is -1.26. The van der Waals surface area contributed by atoms with Crippen molar-refractivity contribution in [3.05, 3.63) is 42.0 Å². The number of hydrogen-bond acceptors (Lipinski definition) is 7. The first-order valence-electron chi connectivity index (χ1n) is 12.9. The largest absolute Gasteiger partial charge is 0.365 e. The second-order valence-electron chi connectivity index (χ2n) is 9.88. The highest BCUT2D eigenvalue weighted by Crippen LogP contribution is 2.30. The molecule has 1 saturated heterocycles. The van der Waals surface area contributed by atoms with E-state index in [2.05, 4.69) is 20.6 Å². The minimum absolute atomic E-state index is 0.0184. The van der Waals surface area contributed by atoms with Crippen molar-refractivity contribution in [1.82, 2.24) is 19.4 Å². The summed E-state index contributed by atoms with van der Waals surface area (Å²) in [7, 11) is 0. The average Bonchev–Trinajstić information content (AvgIpc) is 3.31. The first-order valence-corrected chi connectivity index (χ1v) is 12.9. The van der Waals surface area contributed by atoms with E-state index in [4.69, 9.17) is 11.5 Å². The van der Waals surface area contributed by atoms with E-state index >= 15 is 0 Å². The van der Waals surface area contributed by atoms with E-state index in [0.717, 1.165) is 69.5 Å². The van der Waals surface area contributed by atoms with Crippen LogP contribution in [0.1, 0.15) is 55.3 Å². The lowest BCUT2D eigenvalue weighted by molar-refractivity contribution is -0.132. The molecule has 3 aromatic rings. The lowest BCUT2D eigenvalue weighted by atomic mass is 9.91. The predicted octanol–water partition coefficient (Wildman–Crippen LogP) is 3.11. The molecule has 0 bridgehead atoms. The fraction of sp³-hybridized carbons (Fsp3) is 0.462. The van der Waals surface area contributed by atoms with Gasteiger partial charge in [0.25, 0.3) is 5.91 Å². The van der Waals surface area contributed by atoms with Gasteiger partial charge in [0.2, 0.25) is 5.91 Å². The number of hydrogen-bond donors (Lipinski definition) is 4. The third-order valence-corrected chi connectivity index (χ3v) is 7.31. The molecule has 2 aliphatic rings. The van der Waals surface area contributed by atoms with Crippen LogP contribution in [-0.2, 0) is 11.3 Å². The van der Waals surface area contributed by atoms with Crippen LogP contribution in [0.2, 0.25) is 0 Å². The van der Waals surface area contributed by atoms with Crippen molar-refractivity contribution in [1.29, 1.82) is 0 Å². The number of amides is 2. The Morgan fingerprint density at radius 3 is 2.62 bits per heavy atom. The molecule has 3 aromatic heterocycles. The van der Waals surface area contributed by atoms with Gasteiger partial charge in [0.15, 0.2) is 11.6 Å². The van der Waals surface area contributed by atoms with Crippen molar-refractivity contribution in [2.45, 2.75) is 63.6 Å². The number of pyridine rings is 2. The zero-order valence-corrected chi connectivity index (χ0v) is 20.8. The lowest BCUT2D eigenvalue weighted by Gasteiger charge is -2.30. The van der Waals surface area contributed by atoms with Crippen LogP contribution in [0.5, 0.6) is 0 Å². The summed E-state index contributed by atoms with van der Waals surface area (Å²) in [6.45, 7) is 1.76. The molecule has 37 heavy (non-hydrogen) atoms. The number of likely N-dealkylation sites (tertiary alicyclic amines) is 1. The topological polar surface area (TPSA) is 144 Å². The molecule has 2 atom stereocenters. The number of primary amides is 1. The van der Waals surface area contributed by atoms with Crippen LogP contribution in [-0.4, -0.2) is 56.4 Å². The molecule has 11 heteroatoms. The molecule has 6 N–H and O–H groups in total. The maximum Gasteiger partial charge on any atom is 0.252 e. The lowest BCUT2D eigenvalue weighted by Crippen LogP contribution is -2.43. The van der Waals surface area contributed by atoms with Gasteiger partial charge in [-0.15, -0.1) is 0 Å². The fourth-order valence-corrected chi connectivity index (χ4v) is 5.23. The smallest absolute Gasteiger partial charge is 0.252 e. The molecule has 0 unspecified atom stereocenters. The van der Waals surface area contributed by atoms with Gasteiger partial charge in [0, 0.05) is 43.0 Å². The van der Waals surface area contributed by atoms with Gasteiger partial charge in [-0.3, -0.25) is 9.59 Å². The first kappa shape index (κ1) is 24.9. The number of aromatic nitrogens is 3. The Bertz CT molecular complexity index is 1300. The predicted molar refractivity (Wildman–Crippen MR) is 140 cm³/mol. The zero-order valence-electron chi connectivity index (χ0n) is 20.8. The van der Waals surface area contributed by atoms with Crippen LogP contribution in [0.25, 0.3) is 11.0 Å². The molecule has 10 nitrogen and oxygen atoms in total. The SMILES string of the molecule is NC(=O)c1cc(F)c(N[C@@H]2CCCC[C@@H]2N)nc1Nc1ccnc2c1ccn2CC(=O)N1CCCCC1. The van der Waals surface area contributed by atoms with Crippen molar-refractivity contribution >= 4 is 40.2 Å². The van der Waals surface area contributed by atoms with Crippen molar-refractivity contribution in [3.8, 4) is 0 Å². The average molecular weight is 509 g/mol. The first-order chi connectivity index (χ1) is 17.9. The Morgan fingerprint density at radius 2 is 1.86 bits per heavy atom. The van der Waals surface area contributed by atoms with Crippen LogP contribution in [0.4, 0.5) is 21.7 Å². The number of rotatable bonds is 7. The van der Waals surface area contributed by atoms with Crippen molar-refractivity contribution < 1.29 is 14.0 Å². The summed E-state index contributed by atoms with van der Waals surface area (Å²) in [5.41, 5.74) is 12.9. The van der Waals surface area contributed by atoms with E-state index in [9.17, 15) is 14.0 Å². The fourth-order valence-electron chi connectivity index (χ4n) is 5.23. The van der Waals surface area contributed by atoms with Crippen molar-refractivity contribution in [2.75, 3.05) is 23.7 Å². The molecule has 0 aromatic carbocycles. The summed E-state index contributed by atoms with van der Waals surface area (Å²) >= 11 is 0. The normalized spacial score (nSPS) is 20.1. The third kappa shape index (κ3) is 5.36. The van der Waals surface area contributed by atoms with Gasteiger partial charge in [-0.05, 0) is 50.3 Å².